The molecule has 8 rings (SSSR count). The highest BCUT2D eigenvalue weighted by atomic mass is 14.5. The maximum absolute atomic E-state index is 2.44. The zero-order valence-electron chi connectivity index (χ0n) is 24.7. The van der Waals surface area contributed by atoms with Gasteiger partial charge in [0, 0.05) is 0 Å². The molecular weight excluding hydrogens is 528 g/mol. The molecule has 0 saturated heterocycles. The molecule has 0 spiro atoms. The number of fused-ring (bicyclic) bond motifs is 3. The van der Waals surface area contributed by atoms with Crippen molar-refractivity contribution >= 4 is 0 Å². The lowest BCUT2D eigenvalue weighted by Gasteiger charge is -2.34. The third-order valence-electron chi connectivity index (χ3n) is 9.20. The van der Waals surface area contributed by atoms with E-state index in [9.17, 15) is 0 Å². The van der Waals surface area contributed by atoms with Crippen molar-refractivity contribution < 1.29 is 0 Å². The molecule has 1 unspecified atom stereocenters. The van der Waals surface area contributed by atoms with E-state index in [1.165, 1.54) is 72.3 Å². The van der Waals surface area contributed by atoms with Crippen molar-refractivity contribution in [2.45, 2.75) is 12.3 Å². The Morgan fingerprint density at radius 3 is 1.52 bits per heavy atom. The lowest BCUT2D eigenvalue weighted by Crippen LogP contribution is -2.28. The van der Waals surface area contributed by atoms with Crippen LogP contribution in [0.25, 0.3) is 44.5 Å². The highest BCUT2D eigenvalue weighted by molar-refractivity contribution is 5.89. The summed E-state index contributed by atoms with van der Waals surface area (Å²) in [4.78, 5) is 0. The van der Waals surface area contributed by atoms with Crippen molar-refractivity contribution in [3.05, 3.63) is 204 Å². The molecule has 0 amide bonds. The van der Waals surface area contributed by atoms with Gasteiger partial charge in [-0.05, 0) is 91.9 Å². The fourth-order valence-electron chi connectivity index (χ4n) is 7.20. The smallest absolute Gasteiger partial charge is 0.0622 e. The van der Waals surface area contributed by atoms with E-state index in [4.69, 9.17) is 0 Å². The first-order chi connectivity index (χ1) is 21.7. The molecule has 7 aromatic carbocycles. The van der Waals surface area contributed by atoms with Gasteiger partial charge in [-0.25, -0.2) is 0 Å². The van der Waals surface area contributed by atoms with Gasteiger partial charge in [0.25, 0.3) is 0 Å². The highest BCUT2D eigenvalue weighted by Gasteiger charge is 2.46. The van der Waals surface area contributed by atoms with Crippen molar-refractivity contribution in [2.24, 2.45) is 0 Å². The van der Waals surface area contributed by atoms with Crippen LogP contribution < -0.4 is 0 Å². The first kappa shape index (κ1) is 26.2. The van der Waals surface area contributed by atoms with Crippen LogP contribution in [0.3, 0.4) is 0 Å². The van der Waals surface area contributed by atoms with Gasteiger partial charge < -0.3 is 0 Å². The second-order valence-corrected chi connectivity index (χ2v) is 11.8. The maximum Gasteiger partial charge on any atom is 0.0714 e. The van der Waals surface area contributed by atoms with E-state index < -0.39 is 5.41 Å². The summed E-state index contributed by atoms with van der Waals surface area (Å²) in [5.41, 5.74) is 16.0. The van der Waals surface area contributed by atoms with Crippen LogP contribution in [-0.2, 0) is 5.41 Å². The Morgan fingerprint density at radius 1 is 0.318 bits per heavy atom. The standard InChI is InChI=1S/C44H32/c1-31-13-10-21-38(27-31)44(39-22-12-20-36(29-39)35-19-11-18-34(28-35)32-14-4-2-5-15-32)42-24-9-8-23-40(42)41-26-25-37(30-43(41)44)33-16-6-3-7-17-33/h2-30H,1H3. The molecule has 44 heavy (non-hydrogen) atoms. The van der Waals surface area contributed by atoms with E-state index in [1.807, 2.05) is 0 Å². The van der Waals surface area contributed by atoms with Gasteiger partial charge in [-0.3, -0.25) is 0 Å². The molecule has 0 N–H and O–H groups in total. The van der Waals surface area contributed by atoms with Gasteiger partial charge in [0.2, 0.25) is 0 Å². The van der Waals surface area contributed by atoms with Crippen LogP contribution in [0.15, 0.2) is 176 Å². The van der Waals surface area contributed by atoms with Crippen LogP contribution >= 0.6 is 0 Å². The van der Waals surface area contributed by atoms with Gasteiger partial charge in [0.1, 0.15) is 0 Å². The van der Waals surface area contributed by atoms with Crippen LogP contribution in [0.2, 0.25) is 0 Å². The molecule has 1 aliphatic rings. The summed E-state index contributed by atoms with van der Waals surface area (Å²) >= 11 is 0. The van der Waals surface area contributed by atoms with E-state index >= 15 is 0 Å². The van der Waals surface area contributed by atoms with Crippen molar-refractivity contribution in [1.82, 2.24) is 0 Å². The molecule has 1 atom stereocenters. The van der Waals surface area contributed by atoms with Crippen LogP contribution in [0.1, 0.15) is 27.8 Å². The summed E-state index contributed by atoms with van der Waals surface area (Å²) in [6, 6.07) is 64.7. The van der Waals surface area contributed by atoms with Gasteiger partial charge in [-0.1, -0.05) is 163 Å². The predicted molar refractivity (Wildman–Crippen MR) is 185 cm³/mol. The number of benzene rings is 7. The Balaban J connectivity index is 1.40. The topological polar surface area (TPSA) is 0 Å². The second-order valence-electron chi connectivity index (χ2n) is 11.8. The first-order valence-electron chi connectivity index (χ1n) is 15.4. The molecule has 0 radical (unpaired) electrons. The highest BCUT2D eigenvalue weighted by Crippen LogP contribution is 2.57. The minimum atomic E-state index is -0.463. The molecule has 0 bridgehead atoms. The largest absolute Gasteiger partial charge is 0.0714 e. The van der Waals surface area contributed by atoms with Gasteiger partial charge in [0.15, 0.2) is 0 Å². The number of aryl methyl sites for hydroxylation is 1. The monoisotopic (exact) mass is 560 g/mol. The number of hydrogen-bond acceptors (Lipinski definition) is 0. The SMILES string of the molecule is Cc1cccc(C2(c3cccc(-c4cccc(-c5ccccc5)c4)c3)c3ccccc3-c3ccc(-c4ccccc4)cc32)c1. The lowest BCUT2D eigenvalue weighted by atomic mass is 9.67. The van der Waals surface area contributed by atoms with Crippen LogP contribution in [0, 0.1) is 6.92 Å². The lowest BCUT2D eigenvalue weighted by molar-refractivity contribution is 0.768. The van der Waals surface area contributed by atoms with Crippen molar-refractivity contribution in [3.63, 3.8) is 0 Å². The quantitative estimate of drug-likeness (QED) is 0.196. The second kappa shape index (κ2) is 10.7. The first-order valence-corrected chi connectivity index (χ1v) is 15.4. The molecule has 0 aliphatic heterocycles. The van der Waals surface area contributed by atoms with Gasteiger partial charge >= 0.3 is 0 Å². The molecule has 208 valence electrons. The molecular formula is C44H32. The fourth-order valence-corrected chi connectivity index (χ4v) is 7.20. The van der Waals surface area contributed by atoms with E-state index in [0.29, 0.717) is 0 Å². The van der Waals surface area contributed by atoms with Crippen molar-refractivity contribution in [1.29, 1.82) is 0 Å². The van der Waals surface area contributed by atoms with Crippen LogP contribution in [-0.4, -0.2) is 0 Å². The summed E-state index contributed by atoms with van der Waals surface area (Å²) in [5, 5.41) is 0. The van der Waals surface area contributed by atoms with Crippen LogP contribution in [0.5, 0.6) is 0 Å². The normalized spacial score (nSPS) is 15.0. The minimum absolute atomic E-state index is 0.463. The van der Waals surface area contributed by atoms with E-state index in [1.54, 1.807) is 0 Å². The van der Waals surface area contributed by atoms with E-state index in [2.05, 4.69) is 183 Å². The molecule has 0 fully saturated rings. The zero-order valence-corrected chi connectivity index (χ0v) is 24.7. The van der Waals surface area contributed by atoms with Gasteiger partial charge in [0.05, 0.1) is 5.41 Å². The summed E-state index contributed by atoms with van der Waals surface area (Å²) in [6.45, 7) is 2.20. The third kappa shape index (κ3) is 4.22. The summed E-state index contributed by atoms with van der Waals surface area (Å²) in [6.07, 6.45) is 0. The molecule has 0 nitrogen and oxygen atoms in total. The van der Waals surface area contributed by atoms with Crippen LogP contribution in [0.4, 0.5) is 0 Å². The zero-order chi connectivity index (χ0) is 29.5. The fraction of sp³-hybridized carbons (Fsp3) is 0.0455. The van der Waals surface area contributed by atoms with E-state index in [0.717, 1.165) is 0 Å². The maximum atomic E-state index is 2.44. The summed E-state index contributed by atoms with van der Waals surface area (Å²) < 4.78 is 0. The average molecular weight is 561 g/mol. The average Bonchev–Trinajstić information content (AvgIpc) is 3.40. The molecule has 0 saturated carbocycles. The molecule has 0 aromatic heterocycles. The number of hydrogen-bond donors (Lipinski definition) is 0. The minimum Gasteiger partial charge on any atom is -0.0622 e. The summed E-state index contributed by atoms with van der Waals surface area (Å²) in [7, 11) is 0. The van der Waals surface area contributed by atoms with Gasteiger partial charge in [-0.2, -0.15) is 0 Å². The predicted octanol–water partition coefficient (Wildman–Crippen LogP) is 11.4. The van der Waals surface area contributed by atoms with E-state index in [-0.39, 0.29) is 0 Å². The summed E-state index contributed by atoms with van der Waals surface area (Å²) in [5.74, 6) is 0. The Bertz CT molecular complexity index is 2120. The molecule has 0 heteroatoms. The van der Waals surface area contributed by atoms with Gasteiger partial charge in [-0.15, -0.1) is 0 Å². The Morgan fingerprint density at radius 2 is 0.818 bits per heavy atom. The molecule has 0 heterocycles. The van der Waals surface area contributed by atoms with Crippen molar-refractivity contribution in [3.8, 4) is 44.5 Å². The number of rotatable bonds is 5. The Kier molecular flexibility index (Phi) is 6.35. The molecule has 7 aromatic rings. The third-order valence-corrected chi connectivity index (χ3v) is 9.20. The Hall–Kier alpha value is -5.46. The molecule has 1 aliphatic carbocycles. The Labute approximate surface area is 259 Å². The van der Waals surface area contributed by atoms with Crippen molar-refractivity contribution in [2.75, 3.05) is 0 Å².